The summed E-state index contributed by atoms with van der Waals surface area (Å²) in [5.74, 6) is 2.21. The van der Waals surface area contributed by atoms with Crippen molar-refractivity contribution in [1.29, 1.82) is 0 Å². The Balaban J connectivity index is 2.22. The van der Waals surface area contributed by atoms with Gasteiger partial charge in [0.1, 0.15) is 18.2 Å². The molecule has 5 nitrogen and oxygen atoms in total. The Morgan fingerprint density at radius 3 is 2.80 bits per heavy atom. The highest BCUT2D eigenvalue weighted by Crippen LogP contribution is 2.29. The molecule has 0 saturated heterocycles. The molecule has 0 fully saturated rings. The summed E-state index contributed by atoms with van der Waals surface area (Å²) in [4.78, 5) is 9.86. The summed E-state index contributed by atoms with van der Waals surface area (Å²) in [6, 6.07) is 6.15. The van der Waals surface area contributed by atoms with Gasteiger partial charge >= 0.3 is 0 Å². The van der Waals surface area contributed by atoms with Gasteiger partial charge in [0.2, 0.25) is 0 Å². The van der Waals surface area contributed by atoms with E-state index in [2.05, 4.69) is 46.6 Å². The van der Waals surface area contributed by atoms with Crippen molar-refractivity contribution in [2.45, 2.75) is 26.5 Å². The normalized spacial score (nSPS) is 12.6. The molecule has 0 aliphatic carbocycles. The Labute approximate surface area is 123 Å². The van der Waals surface area contributed by atoms with Gasteiger partial charge in [-0.15, -0.1) is 11.3 Å². The molecule has 0 amide bonds. The number of anilines is 2. The second kappa shape index (κ2) is 6.67. The number of thiophene rings is 1. The van der Waals surface area contributed by atoms with Gasteiger partial charge in [-0.1, -0.05) is 19.9 Å². The van der Waals surface area contributed by atoms with E-state index in [9.17, 15) is 0 Å². The largest absolute Gasteiger partial charge is 0.384 e. The van der Waals surface area contributed by atoms with Gasteiger partial charge in [0.05, 0.1) is 6.04 Å². The number of ether oxygens (including phenoxy) is 1. The molecule has 2 aromatic heterocycles. The molecule has 0 aliphatic rings. The van der Waals surface area contributed by atoms with Crippen molar-refractivity contribution < 1.29 is 4.74 Å². The van der Waals surface area contributed by atoms with Crippen LogP contribution >= 0.6 is 11.3 Å². The highest BCUT2D eigenvalue weighted by molar-refractivity contribution is 7.10. The van der Waals surface area contributed by atoms with E-state index >= 15 is 0 Å². The Morgan fingerprint density at radius 2 is 2.20 bits per heavy atom. The molecule has 6 heteroatoms. The minimum Gasteiger partial charge on any atom is -0.384 e. The van der Waals surface area contributed by atoms with Crippen LogP contribution in [0.1, 0.15) is 30.6 Å². The third kappa shape index (κ3) is 3.68. The fourth-order valence-corrected chi connectivity index (χ4v) is 2.93. The van der Waals surface area contributed by atoms with E-state index in [1.54, 1.807) is 24.5 Å². The zero-order chi connectivity index (χ0) is 14.5. The summed E-state index contributed by atoms with van der Waals surface area (Å²) in [6.07, 6.45) is 0. The fraction of sp³-hybridized carbons (Fsp3) is 0.429. The van der Waals surface area contributed by atoms with Crippen molar-refractivity contribution in [1.82, 2.24) is 9.97 Å². The first kappa shape index (κ1) is 14.7. The fourth-order valence-electron chi connectivity index (χ4n) is 1.98. The molecular weight excluding hydrogens is 272 g/mol. The topological polar surface area (TPSA) is 73.1 Å². The number of hydrogen-bond donors (Lipinski definition) is 2. The molecule has 0 bridgehead atoms. The molecule has 0 aromatic carbocycles. The van der Waals surface area contributed by atoms with E-state index in [1.807, 2.05) is 0 Å². The number of nitrogens with one attached hydrogen (secondary N) is 1. The lowest BCUT2D eigenvalue weighted by molar-refractivity contribution is 0.178. The molecule has 20 heavy (non-hydrogen) atoms. The first-order valence-electron chi connectivity index (χ1n) is 6.52. The summed E-state index contributed by atoms with van der Waals surface area (Å²) in [6.45, 7) is 4.71. The molecule has 0 aliphatic heterocycles. The van der Waals surface area contributed by atoms with E-state index in [4.69, 9.17) is 10.5 Å². The van der Waals surface area contributed by atoms with Gasteiger partial charge in [0, 0.05) is 18.1 Å². The van der Waals surface area contributed by atoms with Crippen LogP contribution in [0.25, 0.3) is 0 Å². The molecule has 2 aromatic rings. The van der Waals surface area contributed by atoms with Gasteiger partial charge in [0.15, 0.2) is 5.82 Å². The second-order valence-corrected chi connectivity index (χ2v) is 5.89. The minimum absolute atomic E-state index is 0.208. The summed E-state index contributed by atoms with van der Waals surface area (Å²) in [5.41, 5.74) is 5.82. The molecule has 0 spiro atoms. The van der Waals surface area contributed by atoms with Gasteiger partial charge in [-0.05, 0) is 17.4 Å². The number of nitrogens with two attached hydrogens (primary N) is 1. The Bertz CT molecular complexity index is 542. The molecular formula is C14H20N4OS. The van der Waals surface area contributed by atoms with E-state index in [1.165, 1.54) is 4.88 Å². The van der Waals surface area contributed by atoms with Gasteiger partial charge in [0.25, 0.3) is 0 Å². The molecule has 2 heterocycles. The predicted molar refractivity (Wildman–Crippen MR) is 82.7 cm³/mol. The quantitative estimate of drug-likeness (QED) is 0.856. The van der Waals surface area contributed by atoms with Crippen LogP contribution < -0.4 is 11.1 Å². The lowest BCUT2D eigenvalue weighted by Gasteiger charge is -2.22. The first-order chi connectivity index (χ1) is 9.60. The summed E-state index contributed by atoms with van der Waals surface area (Å²) in [7, 11) is 1.61. The summed E-state index contributed by atoms with van der Waals surface area (Å²) in [5, 5.41) is 5.52. The highest BCUT2D eigenvalue weighted by Gasteiger charge is 2.17. The van der Waals surface area contributed by atoms with Crippen LogP contribution in [0.3, 0.4) is 0 Å². The van der Waals surface area contributed by atoms with Crippen molar-refractivity contribution in [3.8, 4) is 0 Å². The maximum absolute atomic E-state index is 5.82. The van der Waals surface area contributed by atoms with E-state index in [0.717, 1.165) is 5.82 Å². The number of hydrogen-bond acceptors (Lipinski definition) is 6. The SMILES string of the molecule is COCc1nc(N)cc(NC(c2cccs2)C(C)C)n1. The van der Waals surface area contributed by atoms with E-state index in [0.29, 0.717) is 24.2 Å². The molecule has 3 N–H and O–H groups in total. The van der Waals surface area contributed by atoms with Crippen molar-refractivity contribution in [3.63, 3.8) is 0 Å². The van der Waals surface area contributed by atoms with E-state index < -0.39 is 0 Å². The smallest absolute Gasteiger partial charge is 0.158 e. The number of methoxy groups -OCH3 is 1. The molecule has 108 valence electrons. The maximum Gasteiger partial charge on any atom is 0.158 e. The third-order valence-electron chi connectivity index (χ3n) is 2.89. The maximum atomic E-state index is 5.82. The van der Waals surface area contributed by atoms with Gasteiger partial charge in [-0.2, -0.15) is 0 Å². The number of nitrogen functional groups attached to an aromatic ring is 1. The Kier molecular flexibility index (Phi) is 4.92. The number of nitrogens with zero attached hydrogens (tertiary/aromatic N) is 2. The monoisotopic (exact) mass is 292 g/mol. The zero-order valence-corrected chi connectivity index (χ0v) is 12.8. The first-order valence-corrected chi connectivity index (χ1v) is 7.40. The number of rotatable bonds is 6. The molecule has 1 atom stereocenters. The standard InChI is InChI=1S/C14H20N4OS/c1-9(2)14(10-5-4-6-20-10)18-12-7-11(15)16-13(17-12)8-19-3/h4-7,9,14H,8H2,1-3H3,(H3,15,16,17,18). The summed E-state index contributed by atoms with van der Waals surface area (Å²) >= 11 is 1.74. The average molecular weight is 292 g/mol. The Morgan fingerprint density at radius 1 is 1.40 bits per heavy atom. The van der Waals surface area contributed by atoms with Crippen LogP contribution in [0.15, 0.2) is 23.6 Å². The number of aromatic nitrogens is 2. The molecule has 1 unspecified atom stereocenters. The lowest BCUT2D eigenvalue weighted by Crippen LogP contribution is -2.17. The van der Waals surface area contributed by atoms with Crippen LogP contribution in [0, 0.1) is 5.92 Å². The Hall–Kier alpha value is -1.66. The van der Waals surface area contributed by atoms with Crippen LogP contribution in [0.4, 0.5) is 11.6 Å². The minimum atomic E-state index is 0.208. The van der Waals surface area contributed by atoms with Crippen molar-refractivity contribution in [3.05, 3.63) is 34.3 Å². The third-order valence-corrected chi connectivity index (χ3v) is 3.84. The summed E-state index contributed by atoms with van der Waals surface area (Å²) < 4.78 is 5.06. The van der Waals surface area contributed by atoms with Crippen molar-refractivity contribution >= 4 is 23.0 Å². The van der Waals surface area contributed by atoms with Crippen LogP contribution in [0.5, 0.6) is 0 Å². The predicted octanol–water partition coefficient (Wildman–Crippen LogP) is 3.08. The van der Waals surface area contributed by atoms with Gasteiger partial charge < -0.3 is 15.8 Å². The van der Waals surface area contributed by atoms with Gasteiger partial charge in [-0.3, -0.25) is 0 Å². The average Bonchev–Trinajstić information content (AvgIpc) is 2.89. The van der Waals surface area contributed by atoms with Crippen LogP contribution in [-0.2, 0) is 11.3 Å². The van der Waals surface area contributed by atoms with E-state index in [-0.39, 0.29) is 6.04 Å². The van der Waals surface area contributed by atoms with Crippen LogP contribution in [-0.4, -0.2) is 17.1 Å². The highest BCUT2D eigenvalue weighted by atomic mass is 32.1. The second-order valence-electron chi connectivity index (χ2n) is 4.91. The van der Waals surface area contributed by atoms with Gasteiger partial charge in [-0.25, -0.2) is 9.97 Å². The van der Waals surface area contributed by atoms with Crippen molar-refractivity contribution in [2.75, 3.05) is 18.2 Å². The molecule has 2 rings (SSSR count). The zero-order valence-electron chi connectivity index (χ0n) is 12.0. The van der Waals surface area contributed by atoms with Crippen LogP contribution in [0.2, 0.25) is 0 Å². The van der Waals surface area contributed by atoms with Crippen molar-refractivity contribution in [2.24, 2.45) is 5.92 Å². The molecule has 0 radical (unpaired) electrons. The lowest BCUT2D eigenvalue weighted by atomic mass is 10.0. The molecule has 0 saturated carbocycles.